The molecule has 3 heteroatoms. The van der Waals surface area contributed by atoms with Crippen molar-refractivity contribution in [1.82, 2.24) is 0 Å². The Bertz CT molecular complexity index is 778. The zero-order valence-electron chi connectivity index (χ0n) is 15.1. The maximum Gasteiger partial charge on any atom is 0.317 e. The monoisotopic (exact) mass is 348 g/mol. The van der Waals surface area contributed by atoms with Crippen LogP contribution in [0.5, 0.6) is 0 Å². The van der Waals surface area contributed by atoms with E-state index in [9.17, 15) is 9.59 Å². The molecule has 0 saturated heterocycles. The lowest BCUT2D eigenvalue weighted by Gasteiger charge is -2.27. The molecule has 0 saturated carbocycles. The summed E-state index contributed by atoms with van der Waals surface area (Å²) in [6.07, 6.45) is 4.86. The van der Waals surface area contributed by atoms with Crippen molar-refractivity contribution in [2.75, 3.05) is 6.61 Å². The van der Waals surface area contributed by atoms with Crippen LogP contribution >= 0.6 is 0 Å². The number of benzene rings is 2. The average molecular weight is 348 g/mol. The Morgan fingerprint density at radius 2 is 1.69 bits per heavy atom. The van der Waals surface area contributed by atoms with Gasteiger partial charge in [-0.1, -0.05) is 66.7 Å². The van der Waals surface area contributed by atoms with Crippen LogP contribution in [0.2, 0.25) is 0 Å². The molecule has 2 aromatic carbocycles. The average Bonchev–Trinajstić information content (AvgIpc) is 2.70. The Morgan fingerprint density at radius 3 is 2.35 bits per heavy atom. The minimum Gasteiger partial charge on any atom is -0.465 e. The Balaban J connectivity index is 1.93. The first-order valence-electron chi connectivity index (χ1n) is 9.22. The van der Waals surface area contributed by atoms with E-state index in [0.29, 0.717) is 5.56 Å². The lowest BCUT2D eigenvalue weighted by Crippen LogP contribution is -2.33. The van der Waals surface area contributed by atoms with Gasteiger partial charge in [-0.25, -0.2) is 0 Å². The van der Waals surface area contributed by atoms with Crippen LogP contribution in [-0.2, 0) is 9.53 Å². The third-order valence-electron chi connectivity index (χ3n) is 4.85. The first-order valence-corrected chi connectivity index (χ1v) is 9.22. The normalized spacial score (nSPS) is 17.9. The summed E-state index contributed by atoms with van der Waals surface area (Å²) >= 11 is 0. The van der Waals surface area contributed by atoms with Crippen LogP contribution in [0.4, 0.5) is 0 Å². The summed E-state index contributed by atoms with van der Waals surface area (Å²) in [6, 6.07) is 19.2. The fourth-order valence-corrected chi connectivity index (χ4v) is 3.60. The van der Waals surface area contributed by atoms with Crippen molar-refractivity contribution in [2.24, 2.45) is 11.8 Å². The highest BCUT2D eigenvalue weighted by Crippen LogP contribution is 2.35. The van der Waals surface area contributed by atoms with Gasteiger partial charge in [-0.05, 0) is 43.2 Å². The standard InChI is InChI=1S/C23H24O3/c1-2-26-23(25)21(22(24)18-12-7-4-8-13-18)20-15-9-14-19(16-20)17-10-5-3-6-11-17/h3-8,10-13,16,20-21H,2,9,14-15H2,1H3. The van der Waals surface area contributed by atoms with Gasteiger partial charge in [0.25, 0.3) is 0 Å². The van der Waals surface area contributed by atoms with Crippen LogP contribution in [-0.4, -0.2) is 18.4 Å². The van der Waals surface area contributed by atoms with E-state index in [-0.39, 0.29) is 18.3 Å². The molecule has 2 unspecified atom stereocenters. The molecule has 26 heavy (non-hydrogen) atoms. The van der Waals surface area contributed by atoms with E-state index in [2.05, 4.69) is 18.2 Å². The zero-order valence-corrected chi connectivity index (χ0v) is 15.1. The van der Waals surface area contributed by atoms with E-state index in [4.69, 9.17) is 4.74 Å². The van der Waals surface area contributed by atoms with Gasteiger partial charge in [0.05, 0.1) is 6.61 Å². The van der Waals surface area contributed by atoms with Crippen molar-refractivity contribution < 1.29 is 14.3 Å². The molecule has 0 aromatic heterocycles. The first kappa shape index (κ1) is 18.1. The van der Waals surface area contributed by atoms with Crippen molar-refractivity contribution in [3.63, 3.8) is 0 Å². The molecule has 1 aliphatic carbocycles. The maximum absolute atomic E-state index is 13.1. The molecule has 134 valence electrons. The van der Waals surface area contributed by atoms with Crippen LogP contribution in [0.1, 0.15) is 42.1 Å². The molecule has 2 atom stereocenters. The number of ketones is 1. The van der Waals surface area contributed by atoms with Crippen molar-refractivity contribution in [3.8, 4) is 0 Å². The van der Waals surface area contributed by atoms with Gasteiger partial charge in [0.2, 0.25) is 0 Å². The van der Waals surface area contributed by atoms with E-state index in [1.165, 1.54) is 5.57 Å². The minimum absolute atomic E-state index is 0.134. The fraction of sp³-hybridized carbons (Fsp3) is 0.304. The van der Waals surface area contributed by atoms with Crippen LogP contribution in [0.25, 0.3) is 5.57 Å². The molecular weight excluding hydrogens is 324 g/mol. The summed E-state index contributed by atoms with van der Waals surface area (Å²) in [5.74, 6) is -1.49. The Hall–Kier alpha value is -2.68. The van der Waals surface area contributed by atoms with Crippen molar-refractivity contribution >= 4 is 17.3 Å². The highest BCUT2D eigenvalue weighted by molar-refractivity contribution is 6.09. The SMILES string of the molecule is CCOC(=O)C(C(=O)c1ccccc1)C1C=C(c2ccccc2)CCC1. The molecule has 0 heterocycles. The second kappa shape index (κ2) is 8.61. The number of hydrogen-bond acceptors (Lipinski definition) is 3. The first-order chi connectivity index (χ1) is 12.7. The zero-order chi connectivity index (χ0) is 18.4. The van der Waals surface area contributed by atoms with Crippen molar-refractivity contribution in [1.29, 1.82) is 0 Å². The van der Waals surface area contributed by atoms with Gasteiger partial charge >= 0.3 is 5.97 Å². The van der Waals surface area contributed by atoms with Gasteiger partial charge in [-0.2, -0.15) is 0 Å². The smallest absolute Gasteiger partial charge is 0.317 e. The molecule has 0 aliphatic heterocycles. The molecule has 0 radical (unpaired) electrons. The summed E-state index contributed by atoms with van der Waals surface area (Å²) in [5, 5.41) is 0. The minimum atomic E-state index is -0.781. The van der Waals surface area contributed by atoms with Gasteiger partial charge < -0.3 is 4.74 Å². The van der Waals surface area contributed by atoms with Gasteiger partial charge in [-0.15, -0.1) is 0 Å². The highest BCUT2D eigenvalue weighted by atomic mass is 16.5. The third kappa shape index (κ3) is 4.10. The molecule has 0 amide bonds. The maximum atomic E-state index is 13.1. The topological polar surface area (TPSA) is 43.4 Å². The van der Waals surface area contributed by atoms with Gasteiger partial charge in [0, 0.05) is 5.56 Å². The predicted octanol–water partition coefficient (Wildman–Crippen LogP) is 4.93. The van der Waals surface area contributed by atoms with E-state index in [0.717, 1.165) is 24.8 Å². The molecule has 1 aliphatic rings. The number of ether oxygens (including phenoxy) is 1. The second-order valence-electron chi connectivity index (χ2n) is 6.57. The van der Waals surface area contributed by atoms with Crippen LogP contribution in [0, 0.1) is 11.8 Å². The number of carbonyl (C=O) groups excluding carboxylic acids is 2. The lowest BCUT2D eigenvalue weighted by molar-refractivity contribution is -0.147. The molecule has 0 N–H and O–H groups in total. The van der Waals surface area contributed by atoms with Gasteiger partial charge in [-0.3, -0.25) is 9.59 Å². The second-order valence-corrected chi connectivity index (χ2v) is 6.57. The molecule has 0 fully saturated rings. The summed E-state index contributed by atoms with van der Waals surface area (Å²) in [6.45, 7) is 2.05. The van der Waals surface area contributed by atoms with Crippen LogP contribution in [0.3, 0.4) is 0 Å². The molecule has 3 rings (SSSR count). The predicted molar refractivity (Wildman–Crippen MR) is 103 cm³/mol. The number of rotatable bonds is 6. The number of esters is 1. The molecule has 3 nitrogen and oxygen atoms in total. The molecule has 0 bridgehead atoms. The quantitative estimate of drug-likeness (QED) is 0.422. The van der Waals surface area contributed by atoms with E-state index < -0.39 is 11.9 Å². The van der Waals surface area contributed by atoms with E-state index in [1.54, 1.807) is 19.1 Å². The van der Waals surface area contributed by atoms with E-state index in [1.807, 2.05) is 36.4 Å². The van der Waals surface area contributed by atoms with Crippen molar-refractivity contribution in [3.05, 3.63) is 77.9 Å². The fourth-order valence-electron chi connectivity index (χ4n) is 3.60. The van der Waals surface area contributed by atoms with E-state index >= 15 is 0 Å². The lowest BCUT2D eigenvalue weighted by atomic mass is 9.77. The summed E-state index contributed by atoms with van der Waals surface area (Å²) in [7, 11) is 0. The molecule has 2 aromatic rings. The number of hydrogen-bond donors (Lipinski definition) is 0. The number of Topliss-reactive ketones (excluding diaryl/α,β-unsaturated/α-hetero) is 1. The summed E-state index contributed by atoms with van der Waals surface area (Å²) < 4.78 is 5.25. The Labute approximate surface area is 154 Å². The van der Waals surface area contributed by atoms with Gasteiger partial charge in [0.15, 0.2) is 5.78 Å². The molecule has 0 spiro atoms. The molecular formula is C23H24O3. The van der Waals surface area contributed by atoms with Gasteiger partial charge in [0.1, 0.15) is 5.92 Å². The highest BCUT2D eigenvalue weighted by Gasteiger charge is 2.36. The third-order valence-corrected chi connectivity index (χ3v) is 4.85. The van der Waals surface area contributed by atoms with Crippen LogP contribution < -0.4 is 0 Å². The number of allylic oxidation sites excluding steroid dienone is 2. The number of carbonyl (C=O) groups is 2. The largest absolute Gasteiger partial charge is 0.465 e. The Morgan fingerprint density at radius 1 is 1.04 bits per heavy atom. The van der Waals surface area contributed by atoms with Crippen molar-refractivity contribution in [2.45, 2.75) is 26.2 Å². The summed E-state index contributed by atoms with van der Waals surface area (Å²) in [5.41, 5.74) is 2.93. The Kier molecular flexibility index (Phi) is 6.00. The van der Waals surface area contributed by atoms with Crippen LogP contribution in [0.15, 0.2) is 66.7 Å². The summed E-state index contributed by atoms with van der Waals surface area (Å²) in [4.78, 5) is 25.7.